The molecule has 0 saturated carbocycles. The second kappa shape index (κ2) is 7.91. The van der Waals surface area contributed by atoms with Gasteiger partial charge in [0.05, 0.1) is 11.3 Å². The molecule has 0 heterocycles. The van der Waals surface area contributed by atoms with Gasteiger partial charge >= 0.3 is 0 Å². The first-order valence-corrected chi connectivity index (χ1v) is 8.24. The standard InChI is InChI=1S/C15H23ClN2OS/c1-11(2)15(3,10-17)18-14(19)9-20-8-12-5-4-6-13(16)7-12/h4-7,11H,8-10,17H2,1-3H3,(H,18,19). The van der Waals surface area contributed by atoms with Crippen molar-refractivity contribution in [3.8, 4) is 0 Å². The normalized spacial score (nSPS) is 14.1. The first-order valence-electron chi connectivity index (χ1n) is 6.70. The fourth-order valence-corrected chi connectivity index (χ4v) is 2.66. The molecule has 1 aromatic rings. The molecule has 0 aliphatic carbocycles. The van der Waals surface area contributed by atoms with Crippen LogP contribution in [0.2, 0.25) is 5.02 Å². The molecule has 0 bridgehead atoms. The number of rotatable bonds is 7. The minimum Gasteiger partial charge on any atom is -0.349 e. The molecule has 1 aromatic carbocycles. The van der Waals surface area contributed by atoms with Crippen molar-refractivity contribution in [3.05, 3.63) is 34.9 Å². The zero-order valence-corrected chi connectivity index (χ0v) is 13.9. The fraction of sp³-hybridized carbons (Fsp3) is 0.533. The first kappa shape index (κ1) is 17.3. The molecule has 20 heavy (non-hydrogen) atoms. The first-order chi connectivity index (χ1) is 9.37. The molecule has 5 heteroatoms. The maximum Gasteiger partial charge on any atom is 0.230 e. The van der Waals surface area contributed by atoms with E-state index in [2.05, 4.69) is 19.2 Å². The van der Waals surface area contributed by atoms with E-state index >= 15 is 0 Å². The van der Waals surface area contributed by atoms with Crippen LogP contribution in [0, 0.1) is 5.92 Å². The number of hydrogen-bond acceptors (Lipinski definition) is 3. The van der Waals surface area contributed by atoms with E-state index < -0.39 is 0 Å². The Labute approximate surface area is 130 Å². The van der Waals surface area contributed by atoms with E-state index in [-0.39, 0.29) is 11.4 Å². The van der Waals surface area contributed by atoms with Crippen LogP contribution in [0.3, 0.4) is 0 Å². The SMILES string of the molecule is CC(C)C(C)(CN)NC(=O)CSCc1cccc(Cl)c1. The molecule has 1 rings (SSSR count). The van der Waals surface area contributed by atoms with Gasteiger partial charge in [0.2, 0.25) is 5.91 Å². The second-order valence-electron chi connectivity index (χ2n) is 5.45. The number of carbonyl (C=O) groups is 1. The summed E-state index contributed by atoms with van der Waals surface area (Å²) in [5.74, 6) is 1.53. The lowest BCUT2D eigenvalue weighted by Crippen LogP contribution is -2.55. The monoisotopic (exact) mass is 314 g/mol. The molecule has 0 aromatic heterocycles. The molecule has 1 atom stereocenters. The number of amides is 1. The largest absolute Gasteiger partial charge is 0.349 e. The molecule has 3 nitrogen and oxygen atoms in total. The van der Waals surface area contributed by atoms with Crippen LogP contribution in [0.1, 0.15) is 26.3 Å². The highest BCUT2D eigenvalue weighted by atomic mass is 35.5. The zero-order chi connectivity index (χ0) is 15.2. The number of thioether (sulfide) groups is 1. The number of halogens is 1. The molecule has 3 N–H and O–H groups in total. The van der Waals surface area contributed by atoms with Crippen molar-refractivity contribution in [1.82, 2.24) is 5.32 Å². The highest BCUT2D eigenvalue weighted by Crippen LogP contribution is 2.18. The van der Waals surface area contributed by atoms with E-state index in [4.69, 9.17) is 17.3 Å². The summed E-state index contributed by atoms with van der Waals surface area (Å²) in [5.41, 5.74) is 6.54. The number of carbonyl (C=O) groups excluding carboxylic acids is 1. The van der Waals surface area contributed by atoms with E-state index in [0.29, 0.717) is 18.2 Å². The Bertz CT molecular complexity index is 453. The Morgan fingerprint density at radius 2 is 2.20 bits per heavy atom. The van der Waals surface area contributed by atoms with Crippen LogP contribution in [0.15, 0.2) is 24.3 Å². The van der Waals surface area contributed by atoms with Gasteiger partial charge in [0.25, 0.3) is 0 Å². The summed E-state index contributed by atoms with van der Waals surface area (Å²) < 4.78 is 0. The van der Waals surface area contributed by atoms with Crippen molar-refractivity contribution in [2.45, 2.75) is 32.1 Å². The summed E-state index contributed by atoms with van der Waals surface area (Å²) >= 11 is 7.50. The van der Waals surface area contributed by atoms with Gasteiger partial charge in [-0.15, -0.1) is 11.8 Å². The van der Waals surface area contributed by atoms with Crippen LogP contribution < -0.4 is 11.1 Å². The van der Waals surface area contributed by atoms with Crippen LogP contribution in [0.25, 0.3) is 0 Å². The average molecular weight is 315 g/mol. The lowest BCUT2D eigenvalue weighted by molar-refractivity contribution is -0.120. The van der Waals surface area contributed by atoms with Crippen LogP contribution in [0.4, 0.5) is 0 Å². The molecule has 0 aliphatic heterocycles. The molecule has 1 unspecified atom stereocenters. The lowest BCUT2D eigenvalue weighted by Gasteiger charge is -2.33. The maximum absolute atomic E-state index is 12.0. The Kier molecular flexibility index (Phi) is 6.86. The molecule has 0 spiro atoms. The summed E-state index contributed by atoms with van der Waals surface area (Å²) in [6.07, 6.45) is 0. The van der Waals surface area contributed by atoms with Gasteiger partial charge in [0.15, 0.2) is 0 Å². The maximum atomic E-state index is 12.0. The van der Waals surface area contributed by atoms with Crippen molar-refractivity contribution < 1.29 is 4.79 Å². The predicted octanol–water partition coefficient (Wildman–Crippen LogP) is 3.06. The van der Waals surface area contributed by atoms with Crippen molar-refractivity contribution in [2.75, 3.05) is 12.3 Å². The van der Waals surface area contributed by atoms with Gasteiger partial charge in [-0.25, -0.2) is 0 Å². The molecular formula is C15H23ClN2OS. The van der Waals surface area contributed by atoms with Crippen molar-refractivity contribution in [1.29, 1.82) is 0 Å². The van der Waals surface area contributed by atoms with Crippen molar-refractivity contribution in [3.63, 3.8) is 0 Å². The fourth-order valence-electron chi connectivity index (χ4n) is 1.67. The third-order valence-electron chi connectivity index (χ3n) is 3.51. The minimum absolute atomic E-state index is 0.0266. The predicted molar refractivity (Wildman–Crippen MR) is 88.1 cm³/mol. The molecule has 1 amide bonds. The van der Waals surface area contributed by atoms with E-state index in [1.807, 2.05) is 31.2 Å². The van der Waals surface area contributed by atoms with Crippen LogP contribution in [-0.2, 0) is 10.5 Å². The molecular weight excluding hydrogens is 292 g/mol. The minimum atomic E-state index is -0.340. The second-order valence-corrected chi connectivity index (χ2v) is 6.87. The Balaban J connectivity index is 2.40. The zero-order valence-electron chi connectivity index (χ0n) is 12.3. The van der Waals surface area contributed by atoms with Gasteiger partial charge in [-0.1, -0.05) is 37.6 Å². The molecule has 112 valence electrons. The average Bonchev–Trinajstić information content (AvgIpc) is 2.38. The number of hydrogen-bond donors (Lipinski definition) is 2. The Morgan fingerprint density at radius 1 is 1.50 bits per heavy atom. The molecule has 0 radical (unpaired) electrons. The van der Waals surface area contributed by atoms with Gasteiger partial charge < -0.3 is 11.1 Å². The third kappa shape index (κ3) is 5.35. The van der Waals surface area contributed by atoms with Gasteiger partial charge in [-0.3, -0.25) is 4.79 Å². The van der Waals surface area contributed by atoms with Crippen LogP contribution in [0.5, 0.6) is 0 Å². The number of nitrogens with two attached hydrogens (primary N) is 1. The molecule has 0 saturated heterocycles. The van der Waals surface area contributed by atoms with Crippen LogP contribution in [-0.4, -0.2) is 23.7 Å². The van der Waals surface area contributed by atoms with E-state index in [1.165, 1.54) is 0 Å². The summed E-state index contributed by atoms with van der Waals surface area (Å²) in [6, 6.07) is 7.69. The summed E-state index contributed by atoms with van der Waals surface area (Å²) in [6.45, 7) is 6.55. The number of benzene rings is 1. The highest BCUT2D eigenvalue weighted by Gasteiger charge is 2.28. The topological polar surface area (TPSA) is 55.1 Å². The summed E-state index contributed by atoms with van der Waals surface area (Å²) in [4.78, 5) is 12.0. The Morgan fingerprint density at radius 3 is 2.75 bits per heavy atom. The third-order valence-corrected chi connectivity index (χ3v) is 4.75. The van der Waals surface area contributed by atoms with Crippen LogP contribution >= 0.6 is 23.4 Å². The smallest absolute Gasteiger partial charge is 0.230 e. The van der Waals surface area contributed by atoms with E-state index in [9.17, 15) is 4.79 Å². The van der Waals surface area contributed by atoms with Gasteiger partial charge in [-0.05, 0) is 30.5 Å². The lowest BCUT2D eigenvalue weighted by atomic mass is 9.88. The molecule has 0 aliphatic rings. The summed E-state index contributed by atoms with van der Waals surface area (Å²) in [7, 11) is 0. The van der Waals surface area contributed by atoms with Gasteiger partial charge in [0, 0.05) is 17.3 Å². The number of nitrogens with one attached hydrogen (secondary N) is 1. The summed E-state index contributed by atoms with van der Waals surface area (Å²) in [5, 5.41) is 3.75. The quantitative estimate of drug-likeness (QED) is 0.813. The van der Waals surface area contributed by atoms with Gasteiger partial charge in [0.1, 0.15) is 0 Å². The molecule has 0 fully saturated rings. The van der Waals surface area contributed by atoms with Crippen molar-refractivity contribution in [2.24, 2.45) is 11.7 Å². The van der Waals surface area contributed by atoms with E-state index in [1.54, 1.807) is 11.8 Å². The van der Waals surface area contributed by atoms with Crippen molar-refractivity contribution >= 4 is 29.3 Å². The Hall–Kier alpha value is -0.710. The highest BCUT2D eigenvalue weighted by molar-refractivity contribution is 7.99. The van der Waals surface area contributed by atoms with Gasteiger partial charge in [-0.2, -0.15) is 0 Å². The van der Waals surface area contributed by atoms with E-state index in [0.717, 1.165) is 16.3 Å².